The second-order valence-corrected chi connectivity index (χ2v) is 11.2. The standard InChI is InChI=1S/C27H19Cl2NO5S/c28-26-15-6-1-2-7-16(15)27(29,18-9-4-3-8-17(18)26)23-22(26)24(33)30(25(23)34)12-11-21(32)35-14-19(31)20-10-5-13-36-20/h1-10,13,22-23H,11-12,14H2/t22-,23-,26?,27?/m0/s1. The number of ether oxygens (including phenoxy) is 1. The number of halogens is 2. The van der Waals surface area contributed by atoms with E-state index in [9.17, 15) is 19.2 Å². The maximum absolute atomic E-state index is 13.7. The van der Waals surface area contributed by atoms with Crippen molar-refractivity contribution in [2.75, 3.05) is 13.2 Å². The fourth-order valence-corrected chi connectivity index (χ4v) is 7.62. The Hall–Kier alpha value is -3.00. The van der Waals surface area contributed by atoms with Gasteiger partial charge in [-0.05, 0) is 33.7 Å². The molecule has 4 aliphatic rings. The van der Waals surface area contributed by atoms with Crippen molar-refractivity contribution in [2.24, 2.45) is 11.8 Å². The van der Waals surface area contributed by atoms with Gasteiger partial charge >= 0.3 is 5.97 Å². The van der Waals surface area contributed by atoms with Gasteiger partial charge in [0, 0.05) is 6.54 Å². The fourth-order valence-electron chi connectivity index (χ4n) is 5.87. The molecule has 182 valence electrons. The summed E-state index contributed by atoms with van der Waals surface area (Å²) < 4.78 is 5.09. The molecule has 0 spiro atoms. The first-order valence-corrected chi connectivity index (χ1v) is 13.1. The molecular weight excluding hydrogens is 521 g/mol. The molecule has 0 saturated carbocycles. The molecule has 1 aliphatic heterocycles. The van der Waals surface area contributed by atoms with Crippen molar-refractivity contribution in [3.8, 4) is 0 Å². The lowest BCUT2D eigenvalue weighted by molar-refractivity contribution is -0.145. The lowest BCUT2D eigenvalue weighted by Crippen LogP contribution is -2.57. The Morgan fingerprint density at radius 3 is 1.78 bits per heavy atom. The SMILES string of the molecule is O=C(CCN1C(=O)[C@@H]2[C@@H](C1=O)C1(Cl)c3ccccc3C2(Cl)c2ccccc21)OCC(=O)c1cccs1. The summed E-state index contributed by atoms with van der Waals surface area (Å²) in [5.74, 6) is -3.73. The summed E-state index contributed by atoms with van der Waals surface area (Å²) in [5, 5.41) is 1.76. The number of nitrogens with zero attached hydrogens (tertiary/aromatic N) is 1. The highest BCUT2D eigenvalue weighted by molar-refractivity contribution is 7.12. The van der Waals surface area contributed by atoms with Crippen LogP contribution in [0.2, 0.25) is 0 Å². The minimum Gasteiger partial charge on any atom is -0.457 e. The number of esters is 1. The van der Waals surface area contributed by atoms with Gasteiger partial charge in [0.1, 0.15) is 9.75 Å². The summed E-state index contributed by atoms with van der Waals surface area (Å²) in [6.45, 7) is -0.573. The van der Waals surface area contributed by atoms with Crippen LogP contribution in [0.1, 0.15) is 38.3 Å². The predicted molar refractivity (Wildman–Crippen MR) is 134 cm³/mol. The molecular formula is C27H19Cl2NO5S. The normalized spacial score (nSPS) is 27.4. The highest BCUT2D eigenvalue weighted by Crippen LogP contribution is 2.69. The van der Waals surface area contributed by atoms with E-state index < -0.39 is 46.0 Å². The van der Waals surface area contributed by atoms with E-state index in [4.69, 9.17) is 27.9 Å². The largest absolute Gasteiger partial charge is 0.457 e. The molecule has 2 atom stereocenters. The van der Waals surface area contributed by atoms with Gasteiger partial charge in [0.2, 0.25) is 17.6 Å². The Morgan fingerprint density at radius 2 is 1.33 bits per heavy atom. The molecule has 2 bridgehead atoms. The average Bonchev–Trinajstić information content (AvgIpc) is 3.52. The van der Waals surface area contributed by atoms with Gasteiger partial charge in [-0.2, -0.15) is 0 Å². The van der Waals surface area contributed by atoms with Gasteiger partial charge < -0.3 is 4.74 Å². The predicted octanol–water partition coefficient (Wildman–Crippen LogP) is 4.46. The molecule has 6 nitrogen and oxygen atoms in total. The number of ketones is 1. The summed E-state index contributed by atoms with van der Waals surface area (Å²) >= 11 is 16.0. The molecule has 2 heterocycles. The Kier molecular flexibility index (Phi) is 5.37. The van der Waals surface area contributed by atoms with Crippen molar-refractivity contribution in [2.45, 2.75) is 16.2 Å². The Bertz CT molecular complexity index is 1310. The maximum Gasteiger partial charge on any atom is 0.308 e. The number of hydrogen-bond donors (Lipinski definition) is 0. The Labute approximate surface area is 220 Å². The minimum atomic E-state index is -1.26. The Morgan fingerprint density at radius 1 is 0.833 bits per heavy atom. The van der Waals surface area contributed by atoms with Crippen molar-refractivity contribution in [1.29, 1.82) is 0 Å². The van der Waals surface area contributed by atoms with E-state index in [1.54, 1.807) is 17.5 Å². The first-order chi connectivity index (χ1) is 17.3. The molecule has 0 unspecified atom stereocenters. The summed E-state index contributed by atoms with van der Waals surface area (Å²) in [5.41, 5.74) is 2.87. The highest BCUT2D eigenvalue weighted by atomic mass is 35.5. The first kappa shape index (κ1) is 23.4. The second-order valence-electron chi connectivity index (χ2n) is 9.11. The second kappa shape index (κ2) is 8.26. The zero-order chi connectivity index (χ0) is 25.2. The van der Waals surface area contributed by atoms with Gasteiger partial charge in [0.25, 0.3) is 0 Å². The van der Waals surface area contributed by atoms with Crippen molar-refractivity contribution in [3.05, 3.63) is 93.2 Å². The van der Waals surface area contributed by atoms with Crippen molar-refractivity contribution in [1.82, 2.24) is 4.90 Å². The van der Waals surface area contributed by atoms with Crippen LogP contribution in [0.25, 0.3) is 0 Å². The third-order valence-electron chi connectivity index (χ3n) is 7.38. The first-order valence-electron chi connectivity index (χ1n) is 11.4. The van der Waals surface area contributed by atoms with Crippen LogP contribution in [0.3, 0.4) is 0 Å². The van der Waals surface area contributed by atoms with Crippen molar-refractivity contribution >= 4 is 58.1 Å². The Balaban J connectivity index is 1.28. The van der Waals surface area contributed by atoms with Crippen molar-refractivity contribution in [3.63, 3.8) is 0 Å². The molecule has 9 heteroatoms. The van der Waals surface area contributed by atoms with Gasteiger partial charge in [-0.3, -0.25) is 24.1 Å². The third-order valence-corrected chi connectivity index (χ3v) is 9.57. The molecule has 3 aliphatic carbocycles. The number of imide groups is 1. The number of carbonyl (C=O) groups is 4. The van der Waals surface area contributed by atoms with Crippen LogP contribution >= 0.6 is 34.5 Å². The number of benzene rings is 2. The monoisotopic (exact) mass is 539 g/mol. The summed E-state index contributed by atoms with van der Waals surface area (Å²) in [6.07, 6.45) is -0.237. The number of rotatable bonds is 6. The number of amides is 2. The number of likely N-dealkylation sites (tertiary alicyclic amines) is 1. The van der Waals surface area contributed by atoms with E-state index in [0.29, 0.717) is 4.88 Å². The molecule has 1 aromatic heterocycles. The number of Topliss-reactive ketones (excluding diaryl/α,β-unsaturated/α-hetero) is 1. The molecule has 1 saturated heterocycles. The van der Waals surface area contributed by atoms with Gasteiger partial charge in [-0.1, -0.05) is 54.6 Å². The summed E-state index contributed by atoms with van der Waals surface area (Å²) in [6, 6.07) is 18.2. The van der Waals surface area contributed by atoms with E-state index >= 15 is 0 Å². The van der Waals surface area contributed by atoms with Crippen LogP contribution in [-0.2, 0) is 28.9 Å². The molecule has 7 rings (SSSR count). The van der Waals surface area contributed by atoms with Gasteiger partial charge in [-0.25, -0.2) is 0 Å². The highest BCUT2D eigenvalue weighted by Gasteiger charge is 2.72. The number of alkyl halides is 2. The molecule has 2 amide bonds. The quantitative estimate of drug-likeness (QED) is 0.200. The topological polar surface area (TPSA) is 80.8 Å². The number of thiophene rings is 1. The van der Waals surface area contributed by atoms with E-state index in [1.165, 1.54) is 11.3 Å². The lowest BCUT2D eigenvalue weighted by Gasteiger charge is -2.54. The fraction of sp³-hybridized carbons (Fsp3) is 0.259. The molecule has 36 heavy (non-hydrogen) atoms. The van der Waals surface area contributed by atoms with Crippen LogP contribution in [0.4, 0.5) is 0 Å². The van der Waals surface area contributed by atoms with Crippen LogP contribution in [0, 0.1) is 11.8 Å². The minimum absolute atomic E-state index is 0.177. The molecule has 3 aromatic rings. The summed E-state index contributed by atoms with van der Waals surface area (Å²) in [7, 11) is 0. The van der Waals surface area contributed by atoms with Crippen LogP contribution in [0.15, 0.2) is 66.0 Å². The van der Waals surface area contributed by atoms with Crippen LogP contribution < -0.4 is 0 Å². The lowest BCUT2D eigenvalue weighted by atomic mass is 9.54. The molecule has 2 aromatic carbocycles. The van der Waals surface area contributed by atoms with Crippen LogP contribution in [0.5, 0.6) is 0 Å². The smallest absolute Gasteiger partial charge is 0.308 e. The maximum atomic E-state index is 13.7. The molecule has 0 N–H and O–H groups in total. The van der Waals surface area contributed by atoms with Crippen molar-refractivity contribution < 1.29 is 23.9 Å². The number of hydrogen-bond acceptors (Lipinski definition) is 6. The van der Waals surface area contributed by atoms with E-state index in [0.717, 1.165) is 27.2 Å². The zero-order valence-corrected chi connectivity index (χ0v) is 21.1. The van der Waals surface area contributed by atoms with Gasteiger partial charge in [0.15, 0.2) is 6.61 Å². The summed E-state index contributed by atoms with van der Waals surface area (Å²) in [4.78, 5) is 50.9. The third kappa shape index (κ3) is 3.03. The van der Waals surface area contributed by atoms with E-state index in [1.807, 2.05) is 48.5 Å². The molecule has 0 radical (unpaired) electrons. The number of carbonyl (C=O) groups excluding carboxylic acids is 4. The van der Waals surface area contributed by atoms with E-state index in [2.05, 4.69) is 0 Å². The molecule has 1 fully saturated rings. The van der Waals surface area contributed by atoms with E-state index in [-0.39, 0.29) is 18.7 Å². The van der Waals surface area contributed by atoms with Gasteiger partial charge in [-0.15, -0.1) is 34.5 Å². The average molecular weight is 540 g/mol. The zero-order valence-electron chi connectivity index (χ0n) is 18.8. The van der Waals surface area contributed by atoms with Gasteiger partial charge in [0.05, 0.1) is 23.1 Å². The van der Waals surface area contributed by atoms with Crippen LogP contribution in [-0.4, -0.2) is 41.6 Å².